The summed E-state index contributed by atoms with van der Waals surface area (Å²) in [5, 5.41) is 10.6. The molecule has 98 valence electrons. The highest BCUT2D eigenvalue weighted by Crippen LogP contribution is 2.16. The lowest BCUT2D eigenvalue weighted by Crippen LogP contribution is -2.30. The summed E-state index contributed by atoms with van der Waals surface area (Å²) in [7, 11) is -3.52. The minimum atomic E-state index is -3.52. The highest BCUT2D eigenvalue weighted by Gasteiger charge is 2.20. The van der Waals surface area contributed by atoms with E-state index in [1.807, 2.05) is 0 Å². The molecule has 0 aliphatic carbocycles. The number of sulfone groups is 1. The average molecular weight is 271 g/mol. The number of carbonyl (C=O) groups is 2. The monoisotopic (exact) mass is 271 g/mol. The van der Waals surface area contributed by atoms with Gasteiger partial charge in [-0.1, -0.05) is 19.1 Å². The highest BCUT2D eigenvalue weighted by atomic mass is 32.2. The summed E-state index contributed by atoms with van der Waals surface area (Å²) >= 11 is 0. The van der Waals surface area contributed by atoms with E-state index in [9.17, 15) is 18.0 Å². The van der Waals surface area contributed by atoms with Crippen LogP contribution in [0.25, 0.3) is 0 Å². The second kappa shape index (κ2) is 5.63. The van der Waals surface area contributed by atoms with Crippen LogP contribution in [-0.2, 0) is 14.6 Å². The second-order valence-electron chi connectivity index (χ2n) is 3.48. The molecule has 0 fully saturated rings. The van der Waals surface area contributed by atoms with Gasteiger partial charge in [0, 0.05) is 0 Å². The molecule has 2 N–H and O–H groups in total. The Bertz CT molecular complexity index is 565. The maximum absolute atomic E-state index is 11.8. The molecule has 0 saturated heterocycles. The van der Waals surface area contributed by atoms with Crippen LogP contribution in [0.4, 0.5) is 0 Å². The Hall–Kier alpha value is -1.89. The molecule has 0 aliphatic rings. The zero-order valence-electron chi connectivity index (χ0n) is 9.71. The maximum atomic E-state index is 11.8. The fourth-order valence-corrected chi connectivity index (χ4v) is 2.42. The van der Waals surface area contributed by atoms with Crippen molar-refractivity contribution in [2.45, 2.75) is 11.8 Å². The molecule has 1 aromatic carbocycles. The Morgan fingerprint density at radius 1 is 1.28 bits per heavy atom. The van der Waals surface area contributed by atoms with Crippen LogP contribution in [0.15, 0.2) is 29.2 Å². The topological polar surface area (TPSA) is 101 Å². The Morgan fingerprint density at radius 2 is 1.89 bits per heavy atom. The van der Waals surface area contributed by atoms with E-state index in [1.54, 1.807) is 0 Å². The minimum Gasteiger partial charge on any atom is -0.480 e. The lowest BCUT2D eigenvalue weighted by atomic mass is 10.2. The van der Waals surface area contributed by atoms with Gasteiger partial charge in [0.25, 0.3) is 5.91 Å². The number of aliphatic carboxylic acids is 1. The molecule has 0 aliphatic heterocycles. The van der Waals surface area contributed by atoms with Crippen molar-refractivity contribution in [3.05, 3.63) is 29.8 Å². The van der Waals surface area contributed by atoms with E-state index in [1.165, 1.54) is 31.2 Å². The van der Waals surface area contributed by atoms with Crippen molar-refractivity contribution in [2.75, 3.05) is 12.3 Å². The standard InChI is InChI=1S/C11H13NO5S/c1-2-18(16,17)9-6-4-3-5-8(9)11(15)12-7-10(13)14/h3-6H,2,7H2,1H3,(H,12,15)(H,13,14). The first-order valence-electron chi connectivity index (χ1n) is 5.20. The first-order valence-corrected chi connectivity index (χ1v) is 6.85. The number of hydrogen-bond acceptors (Lipinski definition) is 4. The van der Waals surface area contributed by atoms with E-state index in [0.29, 0.717) is 0 Å². The van der Waals surface area contributed by atoms with Crippen LogP contribution in [0, 0.1) is 0 Å². The molecule has 1 aromatic rings. The van der Waals surface area contributed by atoms with E-state index < -0.39 is 28.3 Å². The lowest BCUT2D eigenvalue weighted by Gasteiger charge is -2.08. The van der Waals surface area contributed by atoms with Gasteiger partial charge in [0.1, 0.15) is 6.54 Å². The number of hydrogen-bond donors (Lipinski definition) is 2. The van der Waals surface area contributed by atoms with E-state index in [2.05, 4.69) is 5.32 Å². The zero-order valence-corrected chi connectivity index (χ0v) is 10.5. The van der Waals surface area contributed by atoms with Crippen LogP contribution in [0.1, 0.15) is 17.3 Å². The van der Waals surface area contributed by atoms with Gasteiger partial charge in [-0.05, 0) is 12.1 Å². The van der Waals surface area contributed by atoms with Crippen molar-refractivity contribution in [1.29, 1.82) is 0 Å². The van der Waals surface area contributed by atoms with E-state index >= 15 is 0 Å². The van der Waals surface area contributed by atoms with Crippen molar-refractivity contribution < 1.29 is 23.1 Å². The predicted molar refractivity (Wildman–Crippen MR) is 64.1 cm³/mol. The second-order valence-corrected chi connectivity index (χ2v) is 5.72. The fraction of sp³-hybridized carbons (Fsp3) is 0.273. The molecule has 7 heteroatoms. The minimum absolute atomic E-state index is 0.0411. The molecule has 0 aromatic heterocycles. The van der Waals surface area contributed by atoms with Crippen LogP contribution in [-0.4, -0.2) is 37.7 Å². The molecular formula is C11H13NO5S. The van der Waals surface area contributed by atoms with Gasteiger partial charge in [-0.15, -0.1) is 0 Å². The number of benzene rings is 1. The third-order valence-corrected chi connectivity index (χ3v) is 4.03. The zero-order chi connectivity index (χ0) is 13.8. The fourth-order valence-electron chi connectivity index (χ4n) is 1.33. The smallest absolute Gasteiger partial charge is 0.322 e. The van der Waals surface area contributed by atoms with Gasteiger partial charge in [0.05, 0.1) is 16.2 Å². The first kappa shape index (κ1) is 14.2. The van der Waals surface area contributed by atoms with Gasteiger partial charge in [-0.3, -0.25) is 9.59 Å². The molecule has 18 heavy (non-hydrogen) atoms. The Kier molecular flexibility index (Phi) is 4.43. The number of carbonyl (C=O) groups excluding carboxylic acids is 1. The molecular weight excluding hydrogens is 258 g/mol. The van der Waals surface area contributed by atoms with Gasteiger partial charge < -0.3 is 10.4 Å². The summed E-state index contributed by atoms with van der Waals surface area (Å²) in [6.45, 7) is 0.917. The Labute approximate surface area is 105 Å². The highest BCUT2D eigenvalue weighted by molar-refractivity contribution is 7.91. The maximum Gasteiger partial charge on any atom is 0.322 e. The average Bonchev–Trinajstić information content (AvgIpc) is 2.36. The first-order chi connectivity index (χ1) is 8.38. The molecule has 0 heterocycles. The van der Waals surface area contributed by atoms with Crippen LogP contribution in [0.3, 0.4) is 0 Å². The molecule has 6 nitrogen and oxygen atoms in total. The van der Waals surface area contributed by atoms with Crippen molar-refractivity contribution in [3.8, 4) is 0 Å². The summed E-state index contributed by atoms with van der Waals surface area (Å²) < 4.78 is 23.5. The number of carboxylic acids is 1. The van der Waals surface area contributed by atoms with Crippen LogP contribution < -0.4 is 5.32 Å². The number of carboxylic acid groups (broad SMARTS) is 1. The van der Waals surface area contributed by atoms with Gasteiger partial charge in [-0.2, -0.15) is 0 Å². The largest absolute Gasteiger partial charge is 0.480 e. The van der Waals surface area contributed by atoms with E-state index in [0.717, 1.165) is 0 Å². The third kappa shape index (κ3) is 3.30. The predicted octanol–water partition coefficient (Wildman–Crippen LogP) is 0.295. The lowest BCUT2D eigenvalue weighted by molar-refractivity contribution is -0.135. The molecule has 0 bridgehead atoms. The summed E-state index contributed by atoms with van der Waals surface area (Å²) in [6.07, 6.45) is 0. The van der Waals surface area contributed by atoms with E-state index in [4.69, 9.17) is 5.11 Å². The van der Waals surface area contributed by atoms with Gasteiger partial charge in [0.2, 0.25) is 0 Å². The van der Waals surface area contributed by atoms with Gasteiger partial charge in [-0.25, -0.2) is 8.42 Å². The summed E-state index contributed by atoms with van der Waals surface area (Å²) in [5.74, 6) is -2.04. The molecule has 0 saturated carbocycles. The number of nitrogens with one attached hydrogen (secondary N) is 1. The van der Waals surface area contributed by atoms with Crippen molar-refractivity contribution in [3.63, 3.8) is 0 Å². The normalized spacial score (nSPS) is 10.9. The molecule has 0 spiro atoms. The SMILES string of the molecule is CCS(=O)(=O)c1ccccc1C(=O)NCC(=O)O. The Morgan fingerprint density at radius 3 is 2.44 bits per heavy atom. The van der Waals surface area contributed by atoms with Crippen molar-refractivity contribution >= 4 is 21.7 Å². The van der Waals surface area contributed by atoms with E-state index in [-0.39, 0.29) is 16.2 Å². The molecule has 0 radical (unpaired) electrons. The quantitative estimate of drug-likeness (QED) is 0.802. The Balaban J connectivity index is 3.10. The van der Waals surface area contributed by atoms with Gasteiger partial charge in [0.15, 0.2) is 9.84 Å². The summed E-state index contributed by atoms with van der Waals surface area (Å²) in [5.41, 5.74) is -0.0411. The molecule has 1 rings (SSSR count). The van der Waals surface area contributed by atoms with Crippen LogP contribution in [0.5, 0.6) is 0 Å². The van der Waals surface area contributed by atoms with Crippen molar-refractivity contribution in [2.24, 2.45) is 0 Å². The number of amides is 1. The number of rotatable bonds is 5. The molecule has 0 unspecified atom stereocenters. The van der Waals surface area contributed by atoms with Crippen LogP contribution >= 0.6 is 0 Å². The molecule has 1 amide bonds. The van der Waals surface area contributed by atoms with Crippen molar-refractivity contribution in [1.82, 2.24) is 5.32 Å². The van der Waals surface area contributed by atoms with Gasteiger partial charge >= 0.3 is 5.97 Å². The summed E-state index contributed by atoms with van der Waals surface area (Å²) in [4.78, 5) is 21.9. The molecule has 0 atom stereocenters. The summed E-state index contributed by atoms with van der Waals surface area (Å²) in [6, 6.07) is 5.70. The van der Waals surface area contributed by atoms with Crippen LogP contribution in [0.2, 0.25) is 0 Å². The third-order valence-electron chi connectivity index (χ3n) is 2.25.